The van der Waals surface area contributed by atoms with E-state index in [4.69, 9.17) is 0 Å². The molecule has 0 radical (unpaired) electrons. The Kier molecular flexibility index (Phi) is 2.49. The summed E-state index contributed by atoms with van der Waals surface area (Å²) in [5, 5.41) is 0. The molecular weight excluding hydrogens is 187 g/mol. The maximum Gasteiger partial charge on any atom is 0.516 e. The largest absolute Gasteiger partial charge is 0.516 e. The Balaban J connectivity index is 4.91. The summed E-state index contributed by atoms with van der Waals surface area (Å²) in [4.78, 5) is 9.64. The fourth-order valence-corrected chi connectivity index (χ4v) is 0.660. The van der Waals surface area contributed by atoms with E-state index in [-0.39, 0.29) is 0 Å². The summed E-state index contributed by atoms with van der Waals surface area (Å²) >= 11 is 0. The van der Waals surface area contributed by atoms with Gasteiger partial charge in [0.1, 0.15) is 0 Å². The first-order valence-corrected chi connectivity index (χ1v) is 3.67. The lowest BCUT2D eigenvalue weighted by molar-refractivity contribution is -0.114. The lowest BCUT2D eigenvalue weighted by atomic mass is 11.2. The standard InChI is InChI=1S/C3H4F3NO3S/c1-7(2-8)11(9,10)3(4,5)6/h2H,1H3. The van der Waals surface area contributed by atoms with Crippen LogP contribution >= 0.6 is 0 Å². The van der Waals surface area contributed by atoms with Gasteiger partial charge in [0.05, 0.1) is 0 Å². The Morgan fingerprint density at radius 3 is 1.82 bits per heavy atom. The molecule has 0 unspecified atom stereocenters. The van der Waals surface area contributed by atoms with E-state index >= 15 is 0 Å². The number of amides is 1. The van der Waals surface area contributed by atoms with Gasteiger partial charge >= 0.3 is 15.5 Å². The third-order valence-corrected chi connectivity index (χ3v) is 2.25. The molecule has 1 amide bonds. The zero-order valence-corrected chi connectivity index (χ0v) is 6.11. The molecule has 0 aromatic carbocycles. The number of sulfonamides is 1. The van der Waals surface area contributed by atoms with Crippen molar-refractivity contribution in [3.05, 3.63) is 0 Å². The van der Waals surface area contributed by atoms with Gasteiger partial charge in [-0.3, -0.25) is 4.79 Å². The highest BCUT2D eigenvalue weighted by atomic mass is 32.2. The molecule has 0 fully saturated rings. The van der Waals surface area contributed by atoms with Crippen molar-refractivity contribution in [1.29, 1.82) is 0 Å². The summed E-state index contributed by atoms with van der Waals surface area (Å²) < 4.78 is 54.3. The molecule has 0 aliphatic carbocycles. The molecular formula is C3H4F3NO3S. The van der Waals surface area contributed by atoms with Gasteiger partial charge in [-0.05, 0) is 0 Å². The van der Waals surface area contributed by atoms with E-state index in [9.17, 15) is 26.4 Å². The first-order valence-electron chi connectivity index (χ1n) is 2.23. The first kappa shape index (κ1) is 10.2. The summed E-state index contributed by atoms with van der Waals surface area (Å²) in [6.45, 7) is 0. The summed E-state index contributed by atoms with van der Waals surface area (Å²) in [6, 6.07) is 0. The van der Waals surface area contributed by atoms with Crippen LogP contribution in [0, 0.1) is 0 Å². The predicted molar refractivity (Wildman–Crippen MR) is 28.8 cm³/mol. The third-order valence-electron chi connectivity index (χ3n) is 0.820. The summed E-state index contributed by atoms with van der Waals surface area (Å²) in [5.41, 5.74) is -5.41. The van der Waals surface area contributed by atoms with Crippen molar-refractivity contribution in [2.24, 2.45) is 0 Å². The lowest BCUT2D eigenvalue weighted by Crippen LogP contribution is -2.37. The van der Waals surface area contributed by atoms with Gasteiger partial charge in [-0.2, -0.15) is 21.6 Å². The van der Waals surface area contributed by atoms with Crippen LogP contribution in [0.2, 0.25) is 0 Å². The van der Waals surface area contributed by atoms with Crippen LogP contribution < -0.4 is 0 Å². The van der Waals surface area contributed by atoms with Crippen molar-refractivity contribution in [3.63, 3.8) is 0 Å². The highest BCUT2D eigenvalue weighted by Gasteiger charge is 2.48. The van der Waals surface area contributed by atoms with Crippen LogP contribution in [0.4, 0.5) is 13.2 Å². The molecule has 0 atom stereocenters. The van der Waals surface area contributed by atoms with Crippen molar-refractivity contribution >= 4 is 16.4 Å². The second-order valence-electron chi connectivity index (χ2n) is 1.57. The Hall–Kier alpha value is -0.790. The molecule has 66 valence electrons. The summed E-state index contributed by atoms with van der Waals surface area (Å²) in [7, 11) is -4.95. The number of carbonyl (C=O) groups excluding carboxylic acids is 1. The Morgan fingerprint density at radius 2 is 1.73 bits per heavy atom. The van der Waals surface area contributed by atoms with Crippen LogP contribution in [0.15, 0.2) is 0 Å². The minimum Gasteiger partial charge on any atom is -0.278 e. The minimum absolute atomic E-state index is 0.428. The molecule has 0 bridgehead atoms. The second-order valence-corrected chi connectivity index (χ2v) is 3.56. The van der Waals surface area contributed by atoms with E-state index in [1.165, 1.54) is 0 Å². The van der Waals surface area contributed by atoms with Crippen molar-refractivity contribution < 1.29 is 26.4 Å². The average molecular weight is 191 g/mol. The van der Waals surface area contributed by atoms with E-state index in [0.717, 1.165) is 0 Å². The molecule has 0 aliphatic rings. The molecule has 0 N–H and O–H groups in total. The molecule has 0 saturated heterocycles. The maximum atomic E-state index is 11.5. The van der Waals surface area contributed by atoms with Gasteiger partial charge in [0.15, 0.2) is 0 Å². The van der Waals surface area contributed by atoms with Gasteiger partial charge in [0.2, 0.25) is 6.41 Å². The van der Waals surface area contributed by atoms with E-state index in [1.54, 1.807) is 0 Å². The lowest BCUT2D eigenvalue weighted by Gasteiger charge is -2.13. The van der Waals surface area contributed by atoms with Gasteiger partial charge in [0.25, 0.3) is 0 Å². The van der Waals surface area contributed by atoms with Crippen molar-refractivity contribution in [2.75, 3.05) is 7.05 Å². The molecule has 0 aromatic rings. The summed E-state index contributed by atoms with van der Waals surface area (Å²) in [6.07, 6.45) is -0.428. The predicted octanol–water partition coefficient (Wildman–Crippen LogP) is -0.0758. The van der Waals surface area contributed by atoms with E-state index < -0.39 is 26.2 Å². The first-order chi connectivity index (χ1) is 4.73. The van der Waals surface area contributed by atoms with Crippen LogP contribution in [0.3, 0.4) is 0 Å². The molecule has 4 nitrogen and oxygen atoms in total. The van der Waals surface area contributed by atoms with Crippen LogP contribution in [-0.2, 0) is 14.8 Å². The normalized spacial score (nSPS) is 12.7. The molecule has 0 aliphatic heterocycles. The average Bonchev–Trinajstić information content (AvgIpc) is 1.83. The van der Waals surface area contributed by atoms with Gasteiger partial charge in [0, 0.05) is 7.05 Å². The smallest absolute Gasteiger partial charge is 0.278 e. The van der Waals surface area contributed by atoms with Crippen molar-refractivity contribution in [3.8, 4) is 0 Å². The second kappa shape index (κ2) is 2.68. The zero-order valence-electron chi connectivity index (χ0n) is 5.29. The summed E-state index contributed by atoms with van der Waals surface area (Å²) in [5.74, 6) is 0. The van der Waals surface area contributed by atoms with Crippen LogP contribution in [0.25, 0.3) is 0 Å². The van der Waals surface area contributed by atoms with E-state index in [0.29, 0.717) is 7.05 Å². The Labute approximate surface area is 60.6 Å². The van der Waals surface area contributed by atoms with E-state index in [2.05, 4.69) is 0 Å². The van der Waals surface area contributed by atoms with Crippen LogP contribution in [0.5, 0.6) is 0 Å². The highest BCUT2D eigenvalue weighted by molar-refractivity contribution is 7.90. The van der Waals surface area contributed by atoms with Gasteiger partial charge in [-0.25, -0.2) is 4.31 Å². The number of hydrogen-bond acceptors (Lipinski definition) is 3. The van der Waals surface area contributed by atoms with Crippen molar-refractivity contribution in [1.82, 2.24) is 4.31 Å². The van der Waals surface area contributed by atoms with Crippen LogP contribution in [-0.4, -0.2) is 31.7 Å². The molecule has 11 heavy (non-hydrogen) atoms. The number of carbonyl (C=O) groups is 1. The molecule has 8 heteroatoms. The number of nitrogens with zero attached hydrogens (tertiary/aromatic N) is 1. The molecule has 0 spiro atoms. The molecule has 0 saturated carbocycles. The third kappa shape index (κ3) is 1.82. The molecule has 0 rings (SSSR count). The van der Waals surface area contributed by atoms with Gasteiger partial charge < -0.3 is 0 Å². The van der Waals surface area contributed by atoms with Crippen LogP contribution in [0.1, 0.15) is 0 Å². The van der Waals surface area contributed by atoms with E-state index in [1.807, 2.05) is 0 Å². The monoisotopic (exact) mass is 191 g/mol. The molecule has 0 heterocycles. The quantitative estimate of drug-likeness (QED) is 0.574. The highest BCUT2D eigenvalue weighted by Crippen LogP contribution is 2.24. The van der Waals surface area contributed by atoms with Crippen molar-refractivity contribution in [2.45, 2.75) is 5.51 Å². The fourth-order valence-electron chi connectivity index (χ4n) is 0.220. The molecule has 0 aromatic heterocycles. The minimum atomic E-state index is -5.46. The topological polar surface area (TPSA) is 54.5 Å². The maximum absolute atomic E-state index is 11.5. The number of hydrogen-bond donors (Lipinski definition) is 0. The Morgan fingerprint density at radius 1 is 1.36 bits per heavy atom. The fraction of sp³-hybridized carbons (Fsp3) is 0.667. The SMILES string of the molecule is CN(C=O)S(=O)(=O)C(F)(F)F. The number of rotatable bonds is 2. The number of halogens is 3. The van der Waals surface area contributed by atoms with Gasteiger partial charge in [-0.15, -0.1) is 0 Å². The Bertz CT molecular complexity index is 243. The van der Waals surface area contributed by atoms with Gasteiger partial charge in [-0.1, -0.05) is 0 Å². The number of alkyl halides is 3. The zero-order chi connectivity index (χ0) is 9.28.